The maximum absolute atomic E-state index is 12.0. The van der Waals surface area contributed by atoms with Gasteiger partial charge in [-0.2, -0.15) is 0 Å². The number of carboxylic acid groups (broad SMARTS) is 3. The zero-order valence-electron chi connectivity index (χ0n) is 37.5. The molecule has 0 spiro atoms. The number of amides is 3. The molecule has 9 aromatic rings. The molecule has 0 unspecified atom stereocenters. The number of nitrogens with zero attached hydrogens (tertiary/aromatic N) is 3. The third kappa shape index (κ3) is 13.0. The van der Waals surface area contributed by atoms with Crippen molar-refractivity contribution in [3.63, 3.8) is 0 Å². The Hall–Kier alpha value is -6.61. The van der Waals surface area contributed by atoms with Crippen LogP contribution in [0.25, 0.3) is 61.6 Å². The van der Waals surface area contributed by atoms with Crippen LogP contribution in [0.2, 0.25) is 0 Å². The molecule has 6 aromatic heterocycles. The van der Waals surface area contributed by atoms with Crippen molar-refractivity contribution in [2.24, 2.45) is 0 Å². The van der Waals surface area contributed by atoms with Crippen LogP contribution in [0, 0.1) is 49.4 Å². The summed E-state index contributed by atoms with van der Waals surface area (Å²) >= 11 is 4.66. The average Bonchev–Trinajstić information content (AvgIpc) is 4.12. The van der Waals surface area contributed by atoms with Gasteiger partial charge in [-0.05, 0) is 126 Å². The first-order valence-electron chi connectivity index (χ1n) is 21.3. The normalized spacial score (nSPS) is 10.5. The van der Waals surface area contributed by atoms with Crippen LogP contribution in [0.4, 0.5) is 0 Å². The molecule has 355 valence electrons. The van der Waals surface area contributed by atoms with Crippen molar-refractivity contribution in [2.45, 2.75) is 20.8 Å². The predicted octanol–water partition coefficient (Wildman–Crippen LogP) is 10.2. The van der Waals surface area contributed by atoms with E-state index >= 15 is 0 Å². The van der Waals surface area contributed by atoms with Crippen LogP contribution in [-0.2, 0) is 0 Å². The number of benzene rings is 3. The summed E-state index contributed by atoms with van der Waals surface area (Å²) in [7, 11) is 0. The number of aromatic carboxylic acids is 3. The third-order valence-electron chi connectivity index (χ3n) is 9.97. The summed E-state index contributed by atoms with van der Waals surface area (Å²) in [6, 6.07) is 39.1. The third-order valence-corrected chi connectivity index (χ3v) is 13.5. The molecule has 0 saturated carbocycles. The topological polar surface area (TPSA) is 238 Å². The zero-order valence-corrected chi connectivity index (χ0v) is 42.4. The number of carboxylic acids is 3. The van der Waals surface area contributed by atoms with Gasteiger partial charge in [0.1, 0.15) is 34.2 Å². The number of aromatic nitrogens is 3. The minimum absolute atomic E-state index is 0. The molecule has 0 aliphatic carbocycles. The molecule has 0 aliphatic rings. The van der Waals surface area contributed by atoms with Crippen LogP contribution in [0.1, 0.15) is 83.7 Å². The van der Waals surface area contributed by atoms with Gasteiger partial charge in [-0.25, -0.2) is 29.3 Å². The Kier molecular flexibility index (Phi) is 18.3. The Bertz CT molecular complexity index is 2970. The minimum Gasteiger partial charge on any atom is -0.477 e. The van der Waals surface area contributed by atoms with Crippen molar-refractivity contribution >= 4 is 99.9 Å². The summed E-state index contributed by atoms with van der Waals surface area (Å²) in [6.07, 6.45) is 0. The van der Waals surface area contributed by atoms with Gasteiger partial charge in [0.05, 0.1) is 0 Å². The van der Waals surface area contributed by atoms with E-state index in [9.17, 15) is 44.1 Å². The van der Waals surface area contributed by atoms with Crippen molar-refractivity contribution < 1.29 is 93.5 Å². The van der Waals surface area contributed by atoms with Crippen molar-refractivity contribution in [3.05, 3.63) is 162 Å². The molecule has 0 atom stereocenters. The fourth-order valence-electron chi connectivity index (χ4n) is 6.82. The number of fused-ring (bicyclic) bond motifs is 3. The maximum atomic E-state index is 12.0. The second-order valence-electron chi connectivity index (χ2n) is 14.8. The van der Waals surface area contributed by atoms with Gasteiger partial charge in [0.2, 0.25) is 0 Å². The Morgan fingerprint density at radius 1 is 0.400 bits per heavy atom. The fourth-order valence-corrected chi connectivity index (χ4v) is 9.97. The zero-order chi connectivity index (χ0) is 49.2. The second-order valence-corrected chi connectivity index (χ2v) is 18.1. The van der Waals surface area contributed by atoms with E-state index in [1.165, 1.54) is 18.2 Å². The van der Waals surface area contributed by atoms with Gasteiger partial charge >= 0.3 is 17.9 Å². The summed E-state index contributed by atoms with van der Waals surface area (Å²) < 4.78 is 3.32. The summed E-state index contributed by atoms with van der Waals surface area (Å²) in [5, 5.41) is 38.9. The van der Waals surface area contributed by atoms with Gasteiger partial charge < -0.3 is 31.3 Å². The van der Waals surface area contributed by atoms with Crippen LogP contribution >= 0.6 is 34.0 Å². The van der Waals surface area contributed by atoms with Gasteiger partial charge in [-0.1, -0.05) is 54.6 Å². The van der Waals surface area contributed by atoms with Crippen molar-refractivity contribution in [2.75, 3.05) is 19.6 Å². The number of hydrogen-bond acceptors (Lipinski definition) is 12. The van der Waals surface area contributed by atoms with Gasteiger partial charge in [0.25, 0.3) is 17.7 Å². The summed E-state index contributed by atoms with van der Waals surface area (Å²) in [5.41, 5.74) is 1.96. The number of nitrogens with one attached hydrogen (secondary N) is 3. The smallest absolute Gasteiger partial charge is 0.354 e. The molecule has 1 radical (unpaired) electrons. The Morgan fingerprint density at radius 3 is 0.871 bits per heavy atom. The number of hydrogen-bond donors (Lipinski definition) is 6. The number of carbonyl (C=O) groups excluding carboxylic acids is 3. The second kappa shape index (κ2) is 24.3. The van der Waals surface area contributed by atoms with E-state index in [-0.39, 0.29) is 101 Å². The molecule has 70 heavy (non-hydrogen) atoms. The van der Waals surface area contributed by atoms with Gasteiger partial charge in [0, 0.05) is 97.7 Å². The van der Waals surface area contributed by atoms with Gasteiger partial charge in [-0.15, -0.1) is 34.0 Å². The number of pyridine rings is 3. The summed E-state index contributed by atoms with van der Waals surface area (Å²) in [5.74, 6) is -4.59. The maximum Gasteiger partial charge on any atom is 0.354 e. The van der Waals surface area contributed by atoms with Crippen LogP contribution < -0.4 is 16.0 Å². The number of rotatable bonds is 12. The molecule has 19 heteroatoms. The molecule has 15 nitrogen and oxygen atoms in total. The molecule has 6 N–H and O–H groups in total. The molecule has 6 heterocycles. The first kappa shape index (κ1) is 52.8. The fraction of sp³-hybridized carbons (Fsp3) is 0.118. The molecule has 0 aliphatic heterocycles. The van der Waals surface area contributed by atoms with E-state index in [0.717, 1.165) is 44.9 Å². The van der Waals surface area contributed by atoms with Gasteiger partial charge in [-0.3, -0.25) is 14.4 Å². The molecule has 9 rings (SSSR count). The van der Waals surface area contributed by atoms with E-state index in [0.29, 0.717) is 36.3 Å². The molecule has 3 amide bonds. The first-order chi connectivity index (χ1) is 33.2. The molecule has 0 saturated heterocycles. The average molecular weight is 1130 g/mol. The molecular weight excluding hydrogens is 1090 g/mol. The van der Waals surface area contributed by atoms with Crippen molar-refractivity contribution in [3.8, 4) is 31.3 Å². The SMILES string of the molecule is CCNC(=O)c1cc(-c2cc3ccccc3s2)cc(C(=O)O)n1.CCNC(=O)c1cc(-c2cc3ccccc3s2)cc(C(=O)O)n1.CCNC(=O)c1cc(-c2cc3ccccc3s2)cc(C(=O)O)n1.[Eu]. The van der Waals surface area contributed by atoms with E-state index in [2.05, 4.69) is 30.9 Å². The van der Waals surface area contributed by atoms with E-state index in [1.807, 2.05) is 91.0 Å². The molecule has 0 bridgehead atoms. The van der Waals surface area contributed by atoms with Crippen LogP contribution in [0.15, 0.2) is 127 Å². The standard InChI is InChI=1S/3C17H14N2O3S.Eu/c3*1-2-18-16(20)12-7-11(8-13(19-12)17(21)22)15-9-10-5-3-4-6-14(10)23-15;/h3*3-9H,2H2,1H3,(H,18,20)(H,21,22);. The Labute approximate surface area is 453 Å². The Morgan fingerprint density at radius 2 is 0.643 bits per heavy atom. The molecular formula is C51H42EuN6O9S3. The van der Waals surface area contributed by atoms with Crippen molar-refractivity contribution in [1.29, 1.82) is 0 Å². The summed E-state index contributed by atoms with van der Waals surface area (Å²) in [6.45, 7) is 6.76. The number of thiophene rings is 3. The van der Waals surface area contributed by atoms with Crippen LogP contribution in [0.3, 0.4) is 0 Å². The van der Waals surface area contributed by atoms with E-state index < -0.39 is 17.9 Å². The first-order valence-corrected chi connectivity index (χ1v) is 23.8. The van der Waals surface area contributed by atoms with Gasteiger partial charge in [0.15, 0.2) is 0 Å². The Balaban J connectivity index is 0.000000171. The summed E-state index contributed by atoms with van der Waals surface area (Å²) in [4.78, 5) is 84.4. The minimum atomic E-state index is -1.15. The van der Waals surface area contributed by atoms with E-state index in [4.69, 9.17) is 0 Å². The predicted molar refractivity (Wildman–Crippen MR) is 270 cm³/mol. The van der Waals surface area contributed by atoms with Crippen molar-refractivity contribution in [1.82, 2.24) is 30.9 Å². The quantitative estimate of drug-likeness (QED) is 0.0670. The van der Waals surface area contributed by atoms with Crippen LogP contribution in [0.5, 0.6) is 0 Å². The molecule has 3 aromatic carbocycles. The van der Waals surface area contributed by atoms with E-state index in [1.54, 1.807) is 73.0 Å². The monoisotopic (exact) mass is 1130 g/mol. The largest absolute Gasteiger partial charge is 0.477 e. The number of carbonyl (C=O) groups is 6. The molecule has 0 fully saturated rings. The van der Waals surface area contributed by atoms with Crippen LogP contribution in [-0.4, -0.2) is 85.5 Å².